The lowest BCUT2D eigenvalue weighted by Crippen LogP contribution is -2.04. The number of methoxy groups -OCH3 is 1. The van der Waals surface area contributed by atoms with Crippen LogP contribution in [0.15, 0.2) is 29.8 Å². The van der Waals surface area contributed by atoms with Crippen LogP contribution in [0, 0.1) is 6.92 Å². The van der Waals surface area contributed by atoms with Crippen molar-refractivity contribution in [2.75, 3.05) is 19.0 Å². The van der Waals surface area contributed by atoms with E-state index < -0.39 is 0 Å². The summed E-state index contributed by atoms with van der Waals surface area (Å²) in [5.41, 5.74) is 5.40. The molecule has 0 fully saturated rings. The van der Waals surface area contributed by atoms with Crippen molar-refractivity contribution in [3.8, 4) is 0 Å². The molecule has 0 radical (unpaired) electrons. The van der Waals surface area contributed by atoms with Crippen molar-refractivity contribution in [3.05, 3.63) is 45.9 Å². The lowest BCUT2D eigenvalue weighted by atomic mass is 10.2. The minimum atomic E-state index is 0.667. The topological polar surface area (TPSA) is 34.1 Å². The minimum absolute atomic E-state index is 0.667. The van der Waals surface area contributed by atoms with Gasteiger partial charge in [0.2, 0.25) is 0 Å². The third-order valence-corrected chi connectivity index (χ3v) is 3.79. The van der Waals surface area contributed by atoms with Crippen LogP contribution in [0.1, 0.15) is 16.1 Å². The molecule has 0 aliphatic carbocycles. The second-order valence-corrected chi connectivity index (χ2v) is 5.11. The van der Waals surface area contributed by atoms with Crippen molar-refractivity contribution in [1.82, 2.24) is 4.98 Å². The minimum Gasteiger partial charge on any atom is -0.385 e. The van der Waals surface area contributed by atoms with Crippen LogP contribution in [0.2, 0.25) is 0 Å². The van der Waals surface area contributed by atoms with Gasteiger partial charge in [0.15, 0.2) is 0 Å². The lowest BCUT2D eigenvalue weighted by Gasteiger charge is -2.07. The van der Waals surface area contributed by atoms with Crippen molar-refractivity contribution < 1.29 is 4.74 Å². The average molecular weight is 262 g/mol. The zero-order chi connectivity index (χ0) is 12.8. The van der Waals surface area contributed by atoms with Gasteiger partial charge in [-0.3, -0.25) is 0 Å². The van der Waals surface area contributed by atoms with E-state index in [1.165, 1.54) is 10.4 Å². The van der Waals surface area contributed by atoms with Gasteiger partial charge in [0.25, 0.3) is 0 Å². The Labute approximate surface area is 112 Å². The van der Waals surface area contributed by atoms with Crippen molar-refractivity contribution in [3.63, 3.8) is 0 Å². The molecule has 0 bridgehead atoms. The monoisotopic (exact) mass is 262 g/mol. The fourth-order valence-electron chi connectivity index (χ4n) is 1.77. The molecule has 0 unspecified atom stereocenters. The molecule has 3 nitrogen and oxygen atoms in total. The maximum Gasteiger partial charge on any atom is 0.0797 e. The van der Waals surface area contributed by atoms with Gasteiger partial charge >= 0.3 is 0 Å². The molecule has 18 heavy (non-hydrogen) atoms. The Morgan fingerprint density at radius 3 is 2.67 bits per heavy atom. The van der Waals surface area contributed by atoms with Gasteiger partial charge in [-0.2, -0.15) is 0 Å². The largest absolute Gasteiger partial charge is 0.385 e. The highest BCUT2D eigenvalue weighted by Gasteiger charge is 2.00. The smallest absolute Gasteiger partial charge is 0.0797 e. The zero-order valence-corrected chi connectivity index (χ0v) is 11.6. The summed E-state index contributed by atoms with van der Waals surface area (Å²) in [5.74, 6) is 0. The van der Waals surface area contributed by atoms with Gasteiger partial charge in [-0.15, -0.1) is 11.3 Å². The summed E-state index contributed by atoms with van der Waals surface area (Å²) in [7, 11) is 1.71. The van der Waals surface area contributed by atoms with E-state index in [0.29, 0.717) is 6.61 Å². The molecule has 0 atom stereocenters. The summed E-state index contributed by atoms with van der Waals surface area (Å²) in [6.07, 6.45) is 1.02. The van der Waals surface area contributed by atoms with E-state index >= 15 is 0 Å². The van der Waals surface area contributed by atoms with Crippen molar-refractivity contribution >= 4 is 17.0 Å². The van der Waals surface area contributed by atoms with Gasteiger partial charge in [-0.1, -0.05) is 12.1 Å². The number of benzene rings is 1. The van der Waals surface area contributed by atoms with Crippen LogP contribution >= 0.6 is 11.3 Å². The Hall–Kier alpha value is -1.39. The van der Waals surface area contributed by atoms with Gasteiger partial charge in [-0.25, -0.2) is 4.98 Å². The molecule has 2 rings (SSSR count). The van der Waals surface area contributed by atoms with Gasteiger partial charge in [0, 0.05) is 30.6 Å². The number of anilines is 1. The van der Waals surface area contributed by atoms with Crippen LogP contribution in [-0.2, 0) is 17.8 Å². The number of ether oxygens (including phenoxy) is 1. The Morgan fingerprint density at radius 2 is 2.06 bits per heavy atom. The number of hydrogen-bond acceptors (Lipinski definition) is 4. The van der Waals surface area contributed by atoms with Crippen molar-refractivity contribution in [2.24, 2.45) is 0 Å². The van der Waals surface area contributed by atoms with Gasteiger partial charge in [-0.05, 0) is 24.6 Å². The summed E-state index contributed by atoms with van der Waals surface area (Å²) in [6.45, 7) is 3.67. The van der Waals surface area contributed by atoms with Gasteiger partial charge in [0.1, 0.15) is 0 Å². The van der Waals surface area contributed by atoms with E-state index in [1.807, 2.05) is 5.51 Å². The summed E-state index contributed by atoms with van der Waals surface area (Å²) in [4.78, 5) is 5.61. The normalized spacial score (nSPS) is 10.6. The molecule has 0 saturated heterocycles. The highest BCUT2D eigenvalue weighted by molar-refractivity contribution is 7.09. The second-order valence-electron chi connectivity index (χ2n) is 4.17. The van der Waals surface area contributed by atoms with Crippen LogP contribution < -0.4 is 5.32 Å². The first kappa shape index (κ1) is 13.1. The fraction of sp³-hybridized carbons (Fsp3) is 0.357. The van der Waals surface area contributed by atoms with Crippen LogP contribution in [0.5, 0.6) is 0 Å². The van der Waals surface area contributed by atoms with Crippen LogP contribution in [0.4, 0.5) is 5.69 Å². The molecular weight excluding hydrogens is 244 g/mol. The van der Waals surface area contributed by atoms with Crippen molar-refractivity contribution in [2.45, 2.75) is 20.0 Å². The summed E-state index contributed by atoms with van der Waals surface area (Å²) >= 11 is 1.73. The summed E-state index contributed by atoms with van der Waals surface area (Å²) < 4.78 is 5.09. The number of rotatable bonds is 6. The molecule has 1 aromatic heterocycles. The predicted molar refractivity (Wildman–Crippen MR) is 76.2 cm³/mol. The quantitative estimate of drug-likeness (QED) is 0.867. The first-order valence-corrected chi connectivity index (χ1v) is 6.88. The Bertz CT molecular complexity index is 479. The number of thiazole rings is 1. The van der Waals surface area contributed by atoms with E-state index in [-0.39, 0.29) is 0 Å². The average Bonchev–Trinajstić information content (AvgIpc) is 2.78. The first-order valence-electron chi connectivity index (χ1n) is 6.00. The van der Waals surface area contributed by atoms with Crippen LogP contribution in [0.25, 0.3) is 0 Å². The molecule has 1 N–H and O–H groups in total. The second kappa shape index (κ2) is 6.52. The van der Waals surface area contributed by atoms with E-state index in [9.17, 15) is 0 Å². The molecule has 0 aliphatic rings. The van der Waals surface area contributed by atoms with E-state index in [1.54, 1.807) is 18.4 Å². The fourth-order valence-corrected chi connectivity index (χ4v) is 2.55. The third kappa shape index (κ3) is 3.55. The maximum atomic E-state index is 5.09. The molecule has 0 amide bonds. The Morgan fingerprint density at radius 1 is 1.28 bits per heavy atom. The molecule has 1 aromatic carbocycles. The standard InChI is InChI=1S/C14H18N2OS/c1-11-14(18-10-16-11)7-8-15-13-5-3-12(4-6-13)9-17-2/h3-6,10,15H,7-9H2,1-2H3. The Balaban J connectivity index is 1.81. The number of nitrogens with zero attached hydrogens (tertiary/aromatic N) is 1. The van der Waals surface area contributed by atoms with Crippen molar-refractivity contribution in [1.29, 1.82) is 0 Å². The van der Waals surface area contributed by atoms with Gasteiger partial charge in [0.05, 0.1) is 17.8 Å². The number of aromatic nitrogens is 1. The third-order valence-electron chi connectivity index (χ3n) is 2.79. The Kier molecular flexibility index (Phi) is 4.73. The molecule has 2 aromatic rings. The van der Waals surface area contributed by atoms with E-state index in [2.05, 4.69) is 41.5 Å². The van der Waals surface area contributed by atoms with Gasteiger partial charge < -0.3 is 10.1 Å². The number of nitrogens with one attached hydrogen (secondary N) is 1. The molecule has 0 saturated carbocycles. The maximum absolute atomic E-state index is 5.09. The first-order chi connectivity index (χ1) is 8.79. The van der Waals surface area contributed by atoms with Crippen LogP contribution in [0.3, 0.4) is 0 Å². The zero-order valence-electron chi connectivity index (χ0n) is 10.8. The summed E-state index contributed by atoms with van der Waals surface area (Å²) in [6, 6.07) is 8.36. The van der Waals surface area contributed by atoms with Crippen LogP contribution in [-0.4, -0.2) is 18.6 Å². The highest BCUT2D eigenvalue weighted by atomic mass is 32.1. The van der Waals surface area contributed by atoms with E-state index in [0.717, 1.165) is 24.3 Å². The summed E-state index contributed by atoms with van der Waals surface area (Å²) in [5, 5.41) is 3.42. The highest BCUT2D eigenvalue weighted by Crippen LogP contribution is 2.14. The number of hydrogen-bond donors (Lipinski definition) is 1. The molecule has 0 aliphatic heterocycles. The molecule has 1 heterocycles. The predicted octanol–water partition coefficient (Wildman–Crippen LogP) is 3.25. The molecule has 96 valence electrons. The number of aryl methyl sites for hydroxylation is 1. The molecule has 0 spiro atoms. The van der Waals surface area contributed by atoms with E-state index in [4.69, 9.17) is 4.74 Å². The SMILES string of the molecule is COCc1ccc(NCCc2scnc2C)cc1. The lowest BCUT2D eigenvalue weighted by molar-refractivity contribution is 0.185. The molecular formula is C14H18N2OS. The molecule has 4 heteroatoms.